The predicted molar refractivity (Wildman–Crippen MR) is 68.6 cm³/mol. The van der Waals surface area contributed by atoms with E-state index < -0.39 is 5.75 Å². The molecule has 4 nitrogen and oxygen atoms in total. The van der Waals surface area contributed by atoms with E-state index in [1.54, 1.807) is 6.07 Å². The standard InChI is InChI=1S/C12H17NO3S/c14-10-4-3-8(11(15)12(10)16)6-13-9-2-1-5-17-7-9/h3-4,9,13-16H,1-2,5-7H2. The fraction of sp³-hybridized carbons (Fsp3) is 0.500. The van der Waals surface area contributed by atoms with Crippen molar-refractivity contribution in [2.75, 3.05) is 11.5 Å². The molecular weight excluding hydrogens is 238 g/mol. The molecule has 17 heavy (non-hydrogen) atoms. The quantitative estimate of drug-likeness (QED) is 0.620. The molecule has 1 saturated heterocycles. The lowest BCUT2D eigenvalue weighted by molar-refractivity contribution is 0.363. The van der Waals surface area contributed by atoms with Crippen LogP contribution in [0, 0.1) is 0 Å². The summed E-state index contributed by atoms with van der Waals surface area (Å²) in [5.74, 6) is 1.34. The molecule has 0 radical (unpaired) electrons. The summed E-state index contributed by atoms with van der Waals surface area (Å²) >= 11 is 1.93. The minimum Gasteiger partial charge on any atom is -0.504 e. The lowest BCUT2D eigenvalue weighted by atomic mass is 10.1. The average molecular weight is 255 g/mol. The molecule has 0 bridgehead atoms. The van der Waals surface area contributed by atoms with Crippen LogP contribution in [0.5, 0.6) is 17.2 Å². The molecule has 1 aliphatic rings. The Morgan fingerprint density at radius 3 is 2.76 bits per heavy atom. The summed E-state index contributed by atoms with van der Waals surface area (Å²) in [7, 11) is 0. The molecule has 1 fully saturated rings. The van der Waals surface area contributed by atoms with Crippen molar-refractivity contribution in [3.05, 3.63) is 17.7 Å². The Kier molecular flexibility index (Phi) is 4.02. The van der Waals surface area contributed by atoms with Crippen molar-refractivity contribution in [2.24, 2.45) is 0 Å². The van der Waals surface area contributed by atoms with Gasteiger partial charge in [-0.25, -0.2) is 0 Å². The first-order valence-electron chi connectivity index (χ1n) is 5.72. The van der Waals surface area contributed by atoms with Crippen molar-refractivity contribution < 1.29 is 15.3 Å². The van der Waals surface area contributed by atoms with Crippen molar-refractivity contribution >= 4 is 11.8 Å². The molecule has 1 unspecified atom stereocenters. The summed E-state index contributed by atoms with van der Waals surface area (Å²) in [6.45, 7) is 0.505. The van der Waals surface area contributed by atoms with Gasteiger partial charge in [-0.15, -0.1) is 0 Å². The smallest absolute Gasteiger partial charge is 0.200 e. The second-order valence-corrected chi connectivity index (χ2v) is 5.39. The van der Waals surface area contributed by atoms with Crippen LogP contribution in [0.4, 0.5) is 0 Å². The Morgan fingerprint density at radius 2 is 2.06 bits per heavy atom. The summed E-state index contributed by atoms with van der Waals surface area (Å²) in [6, 6.07) is 3.47. The minimum atomic E-state index is -0.442. The van der Waals surface area contributed by atoms with E-state index >= 15 is 0 Å². The molecule has 5 heteroatoms. The van der Waals surface area contributed by atoms with Crippen molar-refractivity contribution in [3.8, 4) is 17.2 Å². The fourth-order valence-corrected chi connectivity index (χ4v) is 3.02. The lowest BCUT2D eigenvalue weighted by Gasteiger charge is -2.22. The number of rotatable bonds is 3. The van der Waals surface area contributed by atoms with E-state index in [0.717, 1.165) is 12.2 Å². The van der Waals surface area contributed by atoms with Crippen LogP contribution in [-0.4, -0.2) is 32.9 Å². The van der Waals surface area contributed by atoms with Crippen molar-refractivity contribution in [3.63, 3.8) is 0 Å². The molecule has 2 rings (SSSR count). The molecular formula is C12H17NO3S. The maximum Gasteiger partial charge on any atom is 0.200 e. The Hall–Kier alpha value is -1.07. The van der Waals surface area contributed by atoms with Gasteiger partial charge in [-0.05, 0) is 24.7 Å². The van der Waals surface area contributed by atoms with E-state index in [1.807, 2.05) is 11.8 Å². The summed E-state index contributed by atoms with van der Waals surface area (Å²) < 4.78 is 0. The van der Waals surface area contributed by atoms with Gasteiger partial charge in [-0.3, -0.25) is 0 Å². The van der Waals surface area contributed by atoms with Crippen LogP contribution in [0.15, 0.2) is 12.1 Å². The zero-order chi connectivity index (χ0) is 12.3. The van der Waals surface area contributed by atoms with Crippen LogP contribution in [0.3, 0.4) is 0 Å². The molecule has 0 amide bonds. The van der Waals surface area contributed by atoms with Gasteiger partial charge in [0.15, 0.2) is 11.5 Å². The largest absolute Gasteiger partial charge is 0.504 e. The predicted octanol–water partition coefficient (Wildman–Crippen LogP) is 1.79. The molecule has 1 atom stereocenters. The van der Waals surface area contributed by atoms with E-state index in [1.165, 1.54) is 18.2 Å². The summed E-state index contributed by atoms with van der Waals surface area (Å²) in [6.07, 6.45) is 2.37. The Labute approximate surface area is 105 Å². The molecule has 0 aliphatic carbocycles. The number of hydrogen-bond acceptors (Lipinski definition) is 5. The Morgan fingerprint density at radius 1 is 1.24 bits per heavy atom. The first-order valence-corrected chi connectivity index (χ1v) is 6.88. The summed E-state index contributed by atoms with van der Waals surface area (Å²) in [4.78, 5) is 0. The van der Waals surface area contributed by atoms with Gasteiger partial charge in [0.05, 0.1) is 0 Å². The van der Waals surface area contributed by atoms with E-state index in [4.69, 9.17) is 0 Å². The Bertz CT molecular complexity index is 392. The zero-order valence-corrected chi connectivity index (χ0v) is 10.3. The molecule has 1 aromatic carbocycles. The van der Waals surface area contributed by atoms with E-state index in [2.05, 4.69) is 5.32 Å². The Balaban J connectivity index is 1.96. The third-order valence-electron chi connectivity index (χ3n) is 2.95. The highest BCUT2D eigenvalue weighted by Crippen LogP contribution is 2.36. The van der Waals surface area contributed by atoms with Crippen LogP contribution < -0.4 is 5.32 Å². The van der Waals surface area contributed by atoms with Crippen LogP contribution in [0.2, 0.25) is 0 Å². The molecule has 0 aromatic heterocycles. The SMILES string of the molecule is Oc1ccc(CNC2CCCSC2)c(O)c1O. The van der Waals surface area contributed by atoms with Gasteiger partial charge >= 0.3 is 0 Å². The number of benzene rings is 1. The molecule has 94 valence electrons. The fourth-order valence-electron chi connectivity index (χ4n) is 1.91. The van der Waals surface area contributed by atoms with Crippen molar-refractivity contribution in [1.82, 2.24) is 5.32 Å². The molecule has 1 heterocycles. The highest BCUT2D eigenvalue weighted by molar-refractivity contribution is 7.99. The van der Waals surface area contributed by atoms with Gasteiger partial charge in [-0.1, -0.05) is 6.07 Å². The van der Waals surface area contributed by atoms with Crippen LogP contribution in [0.1, 0.15) is 18.4 Å². The monoisotopic (exact) mass is 255 g/mol. The average Bonchev–Trinajstić information content (AvgIpc) is 2.36. The van der Waals surface area contributed by atoms with Gasteiger partial charge in [0, 0.05) is 23.9 Å². The first kappa shape index (κ1) is 12.4. The number of thioether (sulfide) groups is 1. The maximum absolute atomic E-state index is 9.65. The topological polar surface area (TPSA) is 72.7 Å². The summed E-state index contributed by atoms with van der Waals surface area (Å²) in [5.41, 5.74) is 0.607. The van der Waals surface area contributed by atoms with E-state index in [-0.39, 0.29) is 11.5 Å². The van der Waals surface area contributed by atoms with E-state index in [0.29, 0.717) is 18.2 Å². The van der Waals surface area contributed by atoms with Crippen LogP contribution >= 0.6 is 11.8 Å². The van der Waals surface area contributed by atoms with Crippen LogP contribution in [-0.2, 0) is 6.54 Å². The van der Waals surface area contributed by atoms with Gasteiger partial charge in [-0.2, -0.15) is 11.8 Å². The van der Waals surface area contributed by atoms with Crippen molar-refractivity contribution in [1.29, 1.82) is 0 Å². The first-order chi connectivity index (χ1) is 8.18. The van der Waals surface area contributed by atoms with Gasteiger partial charge in [0.1, 0.15) is 0 Å². The normalized spacial score (nSPS) is 20.4. The molecule has 1 aromatic rings. The molecule has 0 saturated carbocycles. The highest BCUT2D eigenvalue weighted by atomic mass is 32.2. The van der Waals surface area contributed by atoms with Crippen LogP contribution in [0.25, 0.3) is 0 Å². The number of nitrogens with one attached hydrogen (secondary N) is 1. The molecule has 0 spiro atoms. The number of phenolic OH excluding ortho intramolecular Hbond substituents is 3. The molecule has 4 N–H and O–H groups in total. The lowest BCUT2D eigenvalue weighted by Crippen LogP contribution is -2.33. The molecule has 1 aliphatic heterocycles. The zero-order valence-electron chi connectivity index (χ0n) is 9.52. The highest BCUT2D eigenvalue weighted by Gasteiger charge is 2.15. The van der Waals surface area contributed by atoms with Gasteiger partial charge in [0.25, 0.3) is 0 Å². The van der Waals surface area contributed by atoms with Gasteiger partial charge < -0.3 is 20.6 Å². The summed E-state index contributed by atoms with van der Waals surface area (Å²) in [5, 5.41) is 31.6. The van der Waals surface area contributed by atoms with Gasteiger partial charge in [0.2, 0.25) is 5.75 Å². The maximum atomic E-state index is 9.65. The number of aromatic hydroxyl groups is 3. The minimum absolute atomic E-state index is 0.235. The third-order valence-corrected chi connectivity index (χ3v) is 4.17. The van der Waals surface area contributed by atoms with E-state index in [9.17, 15) is 15.3 Å². The third kappa shape index (κ3) is 2.98. The van der Waals surface area contributed by atoms with Crippen molar-refractivity contribution in [2.45, 2.75) is 25.4 Å². The number of hydrogen-bond donors (Lipinski definition) is 4. The number of phenols is 3. The second kappa shape index (κ2) is 5.51. The second-order valence-electron chi connectivity index (χ2n) is 4.24.